The predicted molar refractivity (Wildman–Crippen MR) is 76.3 cm³/mol. The van der Waals surface area contributed by atoms with E-state index in [-0.39, 0.29) is 17.8 Å². The Hall–Kier alpha value is -2.21. The van der Waals surface area contributed by atoms with Crippen LogP contribution in [0.4, 0.5) is 4.39 Å². The van der Waals surface area contributed by atoms with Crippen molar-refractivity contribution < 1.29 is 9.18 Å². The molecule has 4 nitrogen and oxygen atoms in total. The third-order valence-electron chi connectivity index (χ3n) is 2.98. The van der Waals surface area contributed by atoms with Crippen LogP contribution in [0.15, 0.2) is 36.7 Å². The molecule has 3 rings (SSSR count). The second kappa shape index (κ2) is 5.05. The topological polar surface area (TPSA) is 57.8 Å². The van der Waals surface area contributed by atoms with Gasteiger partial charge in [0.25, 0.3) is 5.91 Å². The number of aromatic nitrogens is 2. The summed E-state index contributed by atoms with van der Waals surface area (Å²) in [5, 5.41) is 3.60. The molecule has 0 aliphatic heterocycles. The van der Waals surface area contributed by atoms with E-state index in [9.17, 15) is 9.18 Å². The Balaban J connectivity index is 1.82. The van der Waals surface area contributed by atoms with Crippen molar-refractivity contribution in [3.8, 4) is 0 Å². The van der Waals surface area contributed by atoms with Gasteiger partial charge in [0.15, 0.2) is 0 Å². The molecular weight excluding hydrogens is 277 g/mol. The third kappa shape index (κ3) is 2.42. The van der Waals surface area contributed by atoms with Crippen molar-refractivity contribution in [2.24, 2.45) is 0 Å². The van der Waals surface area contributed by atoms with Gasteiger partial charge in [0.05, 0.1) is 10.9 Å². The van der Waals surface area contributed by atoms with Gasteiger partial charge in [-0.2, -0.15) is 0 Å². The lowest BCUT2D eigenvalue weighted by atomic mass is 10.2. The molecule has 0 spiro atoms. The number of H-pyrrole nitrogens is 1. The van der Waals surface area contributed by atoms with E-state index in [4.69, 9.17) is 0 Å². The second-order valence-corrected chi connectivity index (χ2v) is 5.55. The summed E-state index contributed by atoms with van der Waals surface area (Å²) < 4.78 is 14.0. The van der Waals surface area contributed by atoms with Crippen LogP contribution in [0.5, 0.6) is 0 Å². The summed E-state index contributed by atoms with van der Waals surface area (Å²) in [7, 11) is 0. The van der Waals surface area contributed by atoms with Crippen molar-refractivity contribution in [1.82, 2.24) is 15.3 Å². The average molecular weight is 289 g/mol. The first-order valence-corrected chi connectivity index (χ1v) is 6.94. The number of fused-ring (bicyclic) bond motifs is 1. The molecule has 102 valence electrons. The normalized spacial score (nSPS) is 12.5. The molecule has 0 aliphatic carbocycles. The SMILES string of the molecule is CC(NC(=O)c1cc2cc(F)ccc2s1)c1ncc[nH]1. The van der Waals surface area contributed by atoms with Crippen LogP contribution in [0.1, 0.15) is 28.5 Å². The van der Waals surface area contributed by atoms with E-state index in [1.54, 1.807) is 24.5 Å². The minimum absolute atomic E-state index is 0.185. The smallest absolute Gasteiger partial charge is 0.261 e. The molecule has 1 amide bonds. The lowest BCUT2D eigenvalue weighted by molar-refractivity contribution is 0.0942. The number of imidazole rings is 1. The molecule has 0 radical (unpaired) electrons. The predicted octanol–water partition coefficient (Wildman–Crippen LogP) is 3.25. The van der Waals surface area contributed by atoms with Crippen molar-refractivity contribution in [2.75, 3.05) is 0 Å². The van der Waals surface area contributed by atoms with Crippen LogP contribution >= 0.6 is 11.3 Å². The first-order valence-electron chi connectivity index (χ1n) is 6.13. The number of halogens is 1. The molecule has 1 atom stereocenters. The number of benzene rings is 1. The molecule has 0 aliphatic rings. The first-order chi connectivity index (χ1) is 9.63. The summed E-state index contributed by atoms with van der Waals surface area (Å²) >= 11 is 1.34. The van der Waals surface area contributed by atoms with E-state index < -0.39 is 0 Å². The van der Waals surface area contributed by atoms with Gasteiger partial charge in [-0.25, -0.2) is 9.37 Å². The maximum Gasteiger partial charge on any atom is 0.261 e. The lowest BCUT2D eigenvalue weighted by Crippen LogP contribution is -2.26. The number of hydrogen-bond donors (Lipinski definition) is 2. The van der Waals surface area contributed by atoms with Gasteiger partial charge in [-0.15, -0.1) is 11.3 Å². The summed E-state index contributed by atoms with van der Waals surface area (Å²) in [5.41, 5.74) is 0. The van der Waals surface area contributed by atoms with E-state index in [0.717, 1.165) is 10.1 Å². The van der Waals surface area contributed by atoms with E-state index in [1.807, 2.05) is 6.92 Å². The molecule has 6 heteroatoms. The number of carbonyl (C=O) groups is 1. The Morgan fingerprint density at radius 2 is 2.30 bits per heavy atom. The third-order valence-corrected chi connectivity index (χ3v) is 4.09. The molecule has 1 unspecified atom stereocenters. The maximum absolute atomic E-state index is 13.1. The van der Waals surface area contributed by atoms with Crippen molar-refractivity contribution in [2.45, 2.75) is 13.0 Å². The Morgan fingerprint density at radius 1 is 1.45 bits per heavy atom. The van der Waals surface area contributed by atoms with Crippen LogP contribution in [0.25, 0.3) is 10.1 Å². The summed E-state index contributed by atoms with van der Waals surface area (Å²) in [4.78, 5) is 19.8. The molecule has 0 bridgehead atoms. The van der Waals surface area contributed by atoms with Gasteiger partial charge < -0.3 is 10.3 Å². The molecule has 2 N–H and O–H groups in total. The molecule has 0 saturated heterocycles. The summed E-state index contributed by atoms with van der Waals surface area (Å²) in [6.07, 6.45) is 3.35. The Labute approximate surface area is 118 Å². The van der Waals surface area contributed by atoms with Crippen molar-refractivity contribution >= 4 is 27.3 Å². The lowest BCUT2D eigenvalue weighted by Gasteiger charge is -2.10. The molecule has 20 heavy (non-hydrogen) atoms. The number of amides is 1. The van der Waals surface area contributed by atoms with Crippen molar-refractivity contribution in [3.63, 3.8) is 0 Å². The van der Waals surface area contributed by atoms with E-state index in [2.05, 4.69) is 15.3 Å². The summed E-state index contributed by atoms with van der Waals surface area (Å²) in [6.45, 7) is 1.85. The monoisotopic (exact) mass is 289 g/mol. The molecule has 3 aromatic rings. The second-order valence-electron chi connectivity index (χ2n) is 4.46. The van der Waals surface area contributed by atoms with Gasteiger partial charge in [0.1, 0.15) is 11.6 Å². The highest BCUT2D eigenvalue weighted by molar-refractivity contribution is 7.20. The number of hydrogen-bond acceptors (Lipinski definition) is 3. The van der Waals surface area contributed by atoms with Crippen LogP contribution in [0.2, 0.25) is 0 Å². The molecule has 0 fully saturated rings. The zero-order valence-corrected chi connectivity index (χ0v) is 11.5. The Kier molecular flexibility index (Phi) is 3.23. The zero-order chi connectivity index (χ0) is 14.1. The number of thiophene rings is 1. The number of nitrogens with zero attached hydrogens (tertiary/aromatic N) is 1. The average Bonchev–Trinajstić information content (AvgIpc) is 3.07. The van der Waals surface area contributed by atoms with E-state index in [1.165, 1.54) is 23.5 Å². The largest absolute Gasteiger partial charge is 0.347 e. The fraction of sp³-hybridized carbons (Fsp3) is 0.143. The quantitative estimate of drug-likeness (QED) is 0.777. The molecule has 2 heterocycles. The van der Waals surface area contributed by atoms with Crippen molar-refractivity contribution in [3.05, 3.63) is 53.2 Å². The van der Waals surface area contributed by atoms with Gasteiger partial charge in [-0.05, 0) is 36.6 Å². The van der Waals surface area contributed by atoms with Crippen LogP contribution in [-0.4, -0.2) is 15.9 Å². The fourth-order valence-electron chi connectivity index (χ4n) is 1.98. The highest BCUT2D eigenvalue weighted by Crippen LogP contribution is 2.26. The van der Waals surface area contributed by atoms with E-state index in [0.29, 0.717) is 10.7 Å². The van der Waals surface area contributed by atoms with Crippen LogP contribution in [0, 0.1) is 5.82 Å². The molecule has 2 aromatic heterocycles. The summed E-state index contributed by atoms with van der Waals surface area (Å²) in [6, 6.07) is 6.00. The fourth-order valence-corrected chi connectivity index (χ4v) is 2.92. The van der Waals surface area contributed by atoms with Gasteiger partial charge >= 0.3 is 0 Å². The highest BCUT2D eigenvalue weighted by atomic mass is 32.1. The van der Waals surface area contributed by atoms with Gasteiger partial charge in [-0.3, -0.25) is 4.79 Å². The number of nitrogens with one attached hydrogen (secondary N) is 2. The zero-order valence-electron chi connectivity index (χ0n) is 10.7. The van der Waals surface area contributed by atoms with Crippen LogP contribution in [-0.2, 0) is 0 Å². The minimum atomic E-state index is -0.300. The number of rotatable bonds is 3. The number of aromatic amines is 1. The summed E-state index contributed by atoms with van der Waals surface area (Å²) in [5.74, 6) is 0.215. The van der Waals surface area contributed by atoms with Crippen LogP contribution in [0.3, 0.4) is 0 Å². The van der Waals surface area contributed by atoms with Crippen LogP contribution < -0.4 is 5.32 Å². The highest BCUT2D eigenvalue weighted by Gasteiger charge is 2.15. The first kappa shape index (κ1) is 12.8. The standard InChI is InChI=1S/C14H12FN3OS/c1-8(13-16-4-5-17-13)18-14(19)12-7-9-6-10(15)2-3-11(9)20-12/h2-8H,1H3,(H,16,17)(H,18,19). The Morgan fingerprint density at radius 3 is 3.05 bits per heavy atom. The molecule has 1 aromatic carbocycles. The van der Waals surface area contributed by atoms with Gasteiger partial charge in [0.2, 0.25) is 0 Å². The van der Waals surface area contributed by atoms with E-state index >= 15 is 0 Å². The van der Waals surface area contributed by atoms with Gasteiger partial charge in [-0.1, -0.05) is 0 Å². The molecular formula is C14H12FN3OS. The van der Waals surface area contributed by atoms with Gasteiger partial charge in [0, 0.05) is 17.1 Å². The number of carbonyl (C=O) groups excluding carboxylic acids is 1. The Bertz CT molecular complexity index is 751. The minimum Gasteiger partial charge on any atom is -0.347 e. The van der Waals surface area contributed by atoms with Crippen molar-refractivity contribution in [1.29, 1.82) is 0 Å². The molecule has 0 saturated carbocycles. The maximum atomic E-state index is 13.1.